The molecule has 0 heterocycles. The van der Waals surface area contributed by atoms with Gasteiger partial charge in [-0.05, 0) is 38.1 Å². The van der Waals surface area contributed by atoms with Crippen molar-refractivity contribution in [3.8, 4) is 0 Å². The largest absolute Gasteiger partial charge is 0.478 e. The highest BCUT2D eigenvalue weighted by Crippen LogP contribution is 2.13. The lowest BCUT2D eigenvalue weighted by Crippen LogP contribution is -2.13. The molecule has 0 aliphatic rings. The monoisotopic (exact) mass is 301 g/mol. The Morgan fingerprint density at radius 2 is 1.27 bits per heavy atom. The van der Waals surface area contributed by atoms with Gasteiger partial charge in [0.25, 0.3) is 5.91 Å². The molecule has 0 bridgehead atoms. The summed E-state index contributed by atoms with van der Waals surface area (Å²) in [4.78, 5) is 21.2. The van der Waals surface area contributed by atoms with Crippen LogP contribution in [0, 0.1) is 13.8 Å². The minimum atomic E-state index is -0.980. The molecule has 0 saturated carbocycles. The molecule has 0 aliphatic heterocycles. The van der Waals surface area contributed by atoms with E-state index in [4.69, 9.17) is 22.3 Å². The molecule has 0 spiro atoms. The van der Waals surface area contributed by atoms with Crippen molar-refractivity contribution in [2.24, 2.45) is 5.73 Å². The molecule has 0 saturated heterocycles. The zero-order valence-electron chi connectivity index (χ0n) is 12.5. The van der Waals surface area contributed by atoms with Gasteiger partial charge in [0.15, 0.2) is 0 Å². The molecule has 2 rings (SSSR count). The Kier molecular flexibility index (Phi) is 5.51. The number of carbonyl (C=O) groups excluding carboxylic acids is 1. The van der Waals surface area contributed by atoms with Crippen LogP contribution in [-0.2, 0) is 0 Å². The number of benzene rings is 2. The second kappa shape index (κ2) is 7.12. The van der Waals surface area contributed by atoms with E-state index < -0.39 is 11.9 Å². The Morgan fingerprint density at radius 1 is 0.864 bits per heavy atom. The zero-order valence-corrected chi connectivity index (χ0v) is 12.5. The number of aromatic carboxylic acids is 1. The number of hydrogen-bond donors (Lipinski definition) is 4. The number of carboxylic acids is 1. The van der Waals surface area contributed by atoms with Crippen molar-refractivity contribution < 1.29 is 14.7 Å². The smallest absolute Gasteiger partial charge is 0.337 e. The number of nitrogens with two attached hydrogens (primary N) is 3. The van der Waals surface area contributed by atoms with Crippen LogP contribution in [0.5, 0.6) is 0 Å². The van der Waals surface area contributed by atoms with Gasteiger partial charge in [-0.2, -0.15) is 0 Å². The van der Waals surface area contributed by atoms with Crippen LogP contribution in [0.15, 0.2) is 36.4 Å². The fourth-order valence-electron chi connectivity index (χ4n) is 1.74. The van der Waals surface area contributed by atoms with E-state index in [2.05, 4.69) is 0 Å². The van der Waals surface area contributed by atoms with Crippen molar-refractivity contribution >= 4 is 23.3 Å². The average Bonchev–Trinajstić information content (AvgIpc) is 2.44. The van der Waals surface area contributed by atoms with Crippen molar-refractivity contribution in [2.75, 3.05) is 11.5 Å². The van der Waals surface area contributed by atoms with Gasteiger partial charge in [0, 0.05) is 11.4 Å². The highest BCUT2D eigenvalue weighted by Gasteiger charge is 2.06. The topological polar surface area (TPSA) is 132 Å². The van der Waals surface area contributed by atoms with Crippen molar-refractivity contribution in [3.05, 3.63) is 58.7 Å². The summed E-state index contributed by atoms with van der Waals surface area (Å²) in [5, 5.41) is 8.61. The summed E-state index contributed by atoms with van der Waals surface area (Å²) in [5.74, 6) is -1.46. The molecule has 0 aromatic heterocycles. The van der Waals surface area contributed by atoms with Crippen LogP contribution in [-0.4, -0.2) is 17.0 Å². The number of nitrogen functional groups attached to an aromatic ring is 2. The molecule has 0 fully saturated rings. The molecule has 22 heavy (non-hydrogen) atoms. The van der Waals surface area contributed by atoms with E-state index in [-0.39, 0.29) is 5.56 Å². The summed E-state index contributed by atoms with van der Waals surface area (Å²) in [5.41, 5.74) is 19.1. The van der Waals surface area contributed by atoms with E-state index in [0.29, 0.717) is 16.9 Å². The van der Waals surface area contributed by atoms with Crippen molar-refractivity contribution in [3.63, 3.8) is 0 Å². The van der Waals surface area contributed by atoms with Gasteiger partial charge in [-0.15, -0.1) is 0 Å². The van der Waals surface area contributed by atoms with Crippen LogP contribution in [0.25, 0.3) is 0 Å². The molecule has 0 radical (unpaired) electrons. The Hall–Kier alpha value is -3.02. The van der Waals surface area contributed by atoms with E-state index >= 15 is 0 Å². The van der Waals surface area contributed by atoms with Gasteiger partial charge < -0.3 is 22.3 Å². The van der Waals surface area contributed by atoms with Crippen LogP contribution in [0.2, 0.25) is 0 Å². The quantitative estimate of drug-likeness (QED) is 0.629. The van der Waals surface area contributed by atoms with Crippen molar-refractivity contribution in [2.45, 2.75) is 13.8 Å². The van der Waals surface area contributed by atoms with E-state index in [1.54, 1.807) is 30.3 Å². The van der Waals surface area contributed by atoms with Gasteiger partial charge in [0.2, 0.25) is 0 Å². The Labute approximate surface area is 128 Å². The first-order valence-electron chi connectivity index (χ1n) is 6.47. The van der Waals surface area contributed by atoms with E-state index in [9.17, 15) is 9.59 Å². The first kappa shape index (κ1) is 17.0. The minimum Gasteiger partial charge on any atom is -0.478 e. The number of hydrogen-bond acceptors (Lipinski definition) is 4. The predicted molar refractivity (Wildman–Crippen MR) is 86.7 cm³/mol. The van der Waals surface area contributed by atoms with Gasteiger partial charge in [0.1, 0.15) is 0 Å². The normalized spacial score (nSPS) is 9.55. The molecule has 6 nitrogen and oxygen atoms in total. The molecule has 1 amide bonds. The minimum absolute atomic E-state index is 0.171. The number of anilines is 2. The standard InChI is InChI=1S/C8H10N2O.C8H9NO2/c2*1-5-2-3-7(9)6(4-5)8(10)11/h2-4H,9H2,1H3,(H2,10,11);2-4H,9H2,1H3,(H,10,11). The molecule has 2 aromatic rings. The maximum absolute atomic E-state index is 10.7. The van der Waals surface area contributed by atoms with Gasteiger partial charge in [-0.1, -0.05) is 23.3 Å². The summed E-state index contributed by atoms with van der Waals surface area (Å²) < 4.78 is 0. The number of rotatable bonds is 2. The summed E-state index contributed by atoms with van der Waals surface area (Å²) in [7, 11) is 0. The highest BCUT2D eigenvalue weighted by molar-refractivity contribution is 5.98. The first-order chi connectivity index (χ1) is 10.2. The van der Waals surface area contributed by atoms with Gasteiger partial charge in [-0.3, -0.25) is 4.79 Å². The van der Waals surface area contributed by atoms with Gasteiger partial charge >= 0.3 is 5.97 Å². The molecular weight excluding hydrogens is 282 g/mol. The lowest BCUT2D eigenvalue weighted by atomic mass is 10.1. The fraction of sp³-hybridized carbons (Fsp3) is 0.125. The number of aryl methyl sites for hydroxylation is 2. The van der Waals surface area contributed by atoms with E-state index in [1.165, 1.54) is 0 Å². The Bertz CT molecular complexity index is 650. The molecular formula is C16H19N3O3. The fourth-order valence-corrected chi connectivity index (χ4v) is 1.74. The first-order valence-corrected chi connectivity index (χ1v) is 6.47. The Morgan fingerprint density at radius 3 is 1.59 bits per heavy atom. The predicted octanol–water partition coefficient (Wildman–Crippen LogP) is 1.95. The van der Waals surface area contributed by atoms with Crippen LogP contribution >= 0.6 is 0 Å². The van der Waals surface area contributed by atoms with Crippen LogP contribution in [0.4, 0.5) is 11.4 Å². The molecule has 0 atom stereocenters. The Balaban J connectivity index is 0.000000220. The third-order valence-electron chi connectivity index (χ3n) is 2.91. The van der Waals surface area contributed by atoms with Crippen molar-refractivity contribution in [1.82, 2.24) is 0 Å². The van der Waals surface area contributed by atoms with E-state index in [0.717, 1.165) is 11.1 Å². The highest BCUT2D eigenvalue weighted by atomic mass is 16.4. The van der Waals surface area contributed by atoms with Crippen molar-refractivity contribution in [1.29, 1.82) is 0 Å². The average molecular weight is 301 g/mol. The number of amides is 1. The molecule has 0 unspecified atom stereocenters. The number of primary amides is 1. The summed E-state index contributed by atoms with van der Waals surface area (Å²) in [6, 6.07) is 10.1. The molecule has 0 aliphatic carbocycles. The third kappa shape index (κ3) is 4.52. The maximum Gasteiger partial charge on any atom is 0.337 e. The third-order valence-corrected chi connectivity index (χ3v) is 2.91. The van der Waals surface area contributed by atoms with Crippen LogP contribution in [0.1, 0.15) is 31.8 Å². The lowest BCUT2D eigenvalue weighted by molar-refractivity contribution is 0.0697. The molecule has 2 aromatic carbocycles. The molecule has 7 N–H and O–H groups in total. The van der Waals surface area contributed by atoms with Crippen LogP contribution < -0.4 is 17.2 Å². The summed E-state index contributed by atoms with van der Waals surface area (Å²) >= 11 is 0. The SMILES string of the molecule is Cc1ccc(N)c(C(=O)O)c1.Cc1ccc(N)c(C(N)=O)c1. The molecule has 116 valence electrons. The maximum atomic E-state index is 10.7. The summed E-state index contributed by atoms with van der Waals surface area (Å²) in [6.45, 7) is 3.71. The van der Waals surface area contributed by atoms with Gasteiger partial charge in [-0.25, -0.2) is 4.79 Å². The van der Waals surface area contributed by atoms with Crippen LogP contribution in [0.3, 0.4) is 0 Å². The summed E-state index contributed by atoms with van der Waals surface area (Å²) in [6.07, 6.45) is 0. The zero-order chi connectivity index (χ0) is 16.9. The lowest BCUT2D eigenvalue weighted by Gasteiger charge is -2.01. The molecule has 6 heteroatoms. The van der Waals surface area contributed by atoms with E-state index in [1.807, 2.05) is 19.9 Å². The number of carboxylic acid groups (broad SMARTS) is 1. The van der Waals surface area contributed by atoms with Gasteiger partial charge in [0.05, 0.1) is 11.1 Å². The second-order valence-corrected chi connectivity index (χ2v) is 4.85. The number of carbonyl (C=O) groups is 2. The second-order valence-electron chi connectivity index (χ2n) is 4.85.